The molecule has 3 rings (SSSR count). The van der Waals surface area contributed by atoms with Gasteiger partial charge < -0.3 is 9.80 Å². The van der Waals surface area contributed by atoms with Crippen LogP contribution in [0.4, 0.5) is 0 Å². The molecule has 0 aliphatic carbocycles. The summed E-state index contributed by atoms with van der Waals surface area (Å²) in [5.41, 5.74) is 4.58. The lowest BCUT2D eigenvalue weighted by Gasteiger charge is -2.34. The Balaban J connectivity index is 1.96. The van der Waals surface area contributed by atoms with E-state index in [0.717, 1.165) is 29.1 Å². The largest absolute Gasteiger partial charge is 0.339 e. The van der Waals surface area contributed by atoms with Crippen molar-refractivity contribution in [3.05, 3.63) is 46.8 Å². The first-order chi connectivity index (χ1) is 13.3. The molecule has 2 amide bonds. The number of hydrogen-bond acceptors (Lipinski definition) is 3. The molecule has 0 saturated carbocycles. The molecule has 2 aromatic rings. The maximum atomic E-state index is 13.4. The van der Waals surface area contributed by atoms with Gasteiger partial charge in [0.15, 0.2) is 0 Å². The van der Waals surface area contributed by atoms with Gasteiger partial charge in [-0.2, -0.15) is 5.10 Å². The van der Waals surface area contributed by atoms with Crippen LogP contribution in [0.1, 0.15) is 48.1 Å². The zero-order chi connectivity index (χ0) is 20.4. The molecule has 0 radical (unpaired) electrons. The summed E-state index contributed by atoms with van der Waals surface area (Å²) in [6.07, 6.45) is 0.758. The van der Waals surface area contributed by atoms with Gasteiger partial charge in [0.25, 0.3) is 5.91 Å². The molecule has 1 aliphatic rings. The summed E-state index contributed by atoms with van der Waals surface area (Å²) >= 11 is 0. The minimum Gasteiger partial charge on any atom is -0.339 e. The van der Waals surface area contributed by atoms with Crippen molar-refractivity contribution in [2.24, 2.45) is 5.92 Å². The van der Waals surface area contributed by atoms with Crippen LogP contribution in [0.5, 0.6) is 0 Å². The SMILES string of the molecule is CC(=O)N1CCN(C(=O)c2c(CC(C)C)nn(-c3ccccc3C)c2C)CC1. The van der Waals surface area contributed by atoms with E-state index < -0.39 is 0 Å². The predicted octanol–water partition coefficient (Wildman–Crippen LogP) is 2.99. The highest BCUT2D eigenvalue weighted by atomic mass is 16.2. The zero-order valence-electron chi connectivity index (χ0n) is 17.5. The number of nitrogens with zero attached hydrogens (tertiary/aromatic N) is 4. The van der Waals surface area contributed by atoms with E-state index in [4.69, 9.17) is 5.10 Å². The maximum absolute atomic E-state index is 13.4. The first kappa shape index (κ1) is 20.1. The Morgan fingerprint density at radius 2 is 1.64 bits per heavy atom. The zero-order valence-corrected chi connectivity index (χ0v) is 17.5. The molecule has 6 nitrogen and oxygen atoms in total. The molecule has 0 atom stereocenters. The van der Waals surface area contributed by atoms with Crippen LogP contribution >= 0.6 is 0 Å². The molecular weight excluding hydrogens is 352 g/mol. The average Bonchev–Trinajstić information content (AvgIpc) is 2.96. The van der Waals surface area contributed by atoms with Crippen molar-refractivity contribution in [3.63, 3.8) is 0 Å². The molecule has 6 heteroatoms. The standard InChI is InChI=1S/C22H30N4O2/c1-15(2)14-19-21(22(28)25-12-10-24(11-13-25)18(5)27)17(4)26(23-19)20-9-7-6-8-16(20)3/h6-9,15H,10-14H2,1-5H3. The van der Waals surface area contributed by atoms with Crippen molar-refractivity contribution in [2.75, 3.05) is 26.2 Å². The Bertz CT molecular complexity index is 877. The van der Waals surface area contributed by atoms with Crippen LogP contribution in [-0.4, -0.2) is 57.6 Å². The van der Waals surface area contributed by atoms with E-state index in [-0.39, 0.29) is 11.8 Å². The lowest BCUT2D eigenvalue weighted by molar-refractivity contribution is -0.130. The number of carbonyl (C=O) groups is 2. The summed E-state index contributed by atoms with van der Waals surface area (Å²) in [6, 6.07) is 8.09. The number of aryl methyl sites for hydroxylation is 1. The molecule has 0 unspecified atom stereocenters. The van der Waals surface area contributed by atoms with Gasteiger partial charge in [-0.3, -0.25) is 9.59 Å². The Kier molecular flexibility index (Phi) is 5.87. The molecule has 1 aromatic heterocycles. The van der Waals surface area contributed by atoms with Gasteiger partial charge in [-0.25, -0.2) is 4.68 Å². The Labute approximate surface area is 167 Å². The van der Waals surface area contributed by atoms with Crippen molar-refractivity contribution in [3.8, 4) is 5.69 Å². The Morgan fingerprint density at radius 3 is 2.21 bits per heavy atom. The van der Waals surface area contributed by atoms with Crippen molar-refractivity contribution in [2.45, 2.75) is 41.0 Å². The van der Waals surface area contributed by atoms with Crippen molar-refractivity contribution >= 4 is 11.8 Å². The van der Waals surface area contributed by atoms with E-state index in [1.807, 2.05) is 34.7 Å². The van der Waals surface area contributed by atoms with Crippen LogP contribution in [0.25, 0.3) is 5.69 Å². The predicted molar refractivity (Wildman–Crippen MR) is 110 cm³/mol. The normalized spacial score (nSPS) is 14.6. The third-order valence-corrected chi connectivity index (χ3v) is 5.36. The van der Waals surface area contributed by atoms with Gasteiger partial charge in [-0.05, 0) is 37.8 Å². The van der Waals surface area contributed by atoms with Crippen LogP contribution in [0, 0.1) is 19.8 Å². The van der Waals surface area contributed by atoms with Gasteiger partial charge in [-0.15, -0.1) is 0 Å². The van der Waals surface area contributed by atoms with Crippen LogP contribution in [0.3, 0.4) is 0 Å². The molecule has 0 bridgehead atoms. The van der Waals surface area contributed by atoms with Crippen LogP contribution in [0.2, 0.25) is 0 Å². The quantitative estimate of drug-likeness (QED) is 0.817. The number of aromatic nitrogens is 2. The lowest BCUT2D eigenvalue weighted by Crippen LogP contribution is -2.50. The number of rotatable bonds is 4. The van der Waals surface area contributed by atoms with E-state index in [1.165, 1.54) is 0 Å². The molecule has 1 fully saturated rings. The number of benzene rings is 1. The van der Waals surface area contributed by atoms with Gasteiger partial charge in [-0.1, -0.05) is 32.0 Å². The molecular formula is C22H30N4O2. The summed E-state index contributed by atoms with van der Waals surface area (Å²) in [4.78, 5) is 28.6. The number of amides is 2. The molecule has 150 valence electrons. The summed E-state index contributed by atoms with van der Waals surface area (Å²) in [5, 5.41) is 4.84. The fourth-order valence-corrected chi connectivity index (χ4v) is 3.79. The van der Waals surface area contributed by atoms with Crippen molar-refractivity contribution < 1.29 is 9.59 Å². The maximum Gasteiger partial charge on any atom is 0.257 e. The molecule has 1 aliphatic heterocycles. The smallest absolute Gasteiger partial charge is 0.257 e. The topological polar surface area (TPSA) is 58.4 Å². The fourth-order valence-electron chi connectivity index (χ4n) is 3.79. The summed E-state index contributed by atoms with van der Waals surface area (Å²) < 4.78 is 1.91. The van der Waals surface area contributed by atoms with Gasteiger partial charge in [0, 0.05) is 33.1 Å². The highest BCUT2D eigenvalue weighted by Gasteiger charge is 2.29. The first-order valence-corrected chi connectivity index (χ1v) is 9.99. The van der Waals surface area contributed by atoms with E-state index in [9.17, 15) is 9.59 Å². The average molecular weight is 383 g/mol. The first-order valence-electron chi connectivity index (χ1n) is 9.99. The second kappa shape index (κ2) is 8.17. The second-order valence-electron chi connectivity index (χ2n) is 8.00. The number of piperazine rings is 1. The minimum atomic E-state index is 0.0242. The van der Waals surface area contributed by atoms with Gasteiger partial charge in [0.05, 0.1) is 22.6 Å². The van der Waals surface area contributed by atoms with Gasteiger partial charge >= 0.3 is 0 Å². The van der Waals surface area contributed by atoms with E-state index >= 15 is 0 Å². The fraction of sp³-hybridized carbons (Fsp3) is 0.500. The lowest BCUT2D eigenvalue weighted by atomic mass is 10.0. The van der Waals surface area contributed by atoms with Crippen LogP contribution in [-0.2, 0) is 11.2 Å². The molecule has 1 saturated heterocycles. The second-order valence-corrected chi connectivity index (χ2v) is 8.00. The Morgan fingerprint density at radius 1 is 1.04 bits per heavy atom. The molecule has 28 heavy (non-hydrogen) atoms. The van der Waals surface area contributed by atoms with Gasteiger partial charge in [0.2, 0.25) is 5.91 Å². The number of para-hydroxylation sites is 1. The highest BCUT2D eigenvalue weighted by Crippen LogP contribution is 2.24. The van der Waals surface area contributed by atoms with E-state index in [1.54, 1.807) is 11.8 Å². The monoisotopic (exact) mass is 382 g/mol. The highest BCUT2D eigenvalue weighted by molar-refractivity contribution is 5.97. The molecule has 1 aromatic carbocycles. The van der Waals surface area contributed by atoms with Crippen LogP contribution in [0.15, 0.2) is 24.3 Å². The summed E-state index contributed by atoms with van der Waals surface area (Å²) in [7, 11) is 0. The van der Waals surface area contributed by atoms with E-state index in [0.29, 0.717) is 37.7 Å². The number of hydrogen-bond donors (Lipinski definition) is 0. The third-order valence-electron chi connectivity index (χ3n) is 5.36. The number of carbonyl (C=O) groups excluding carboxylic acids is 2. The van der Waals surface area contributed by atoms with Crippen LogP contribution < -0.4 is 0 Å². The third kappa shape index (κ3) is 3.96. The molecule has 0 spiro atoms. The molecule has 0 N–H and O–H groups in total. The van der Waals surface area contributed by atoms with Crippen molar-refractivity contribution in [1.82, 2.24) is 19.6 Å². The summed E-state index contributed by atoms with van der Waals surface area (Å²) in [5.74, 6) is 0.494. The summed E-state index contributed by atoms with van der Waals surface area (Å²) in [6.45, 7) is 12.2. The van der Waals surface area contributed by atoms with E-state index in [2.05, 4.69) is 26.8 Å². The van der Waals surface area contributed by atoms with Gasteiger partial charge in [0.1, 0.15) is 0 Å². The minimum absolute atomic E-state index is 0.0242. The Hall–Kier alpha value is -2.63. The van der Waals surface area contributed by atoms with Crippen molar-refractivity contribution in [1.29, 1.82) is 0 Å². The molecule has 2 heterocycles.